The highest BCUT2D eigenvalue weighted by Crippen LogP contribution is 2.13. The number of aryl methyl sites for hydroxylation is 2. The maximum Gasteiger partial charge on any atom is 0.272 e. The molecule has 2 rings (SSSR count). The van der Waals surface area contributed by atoms with Crippen molar-refractivity contribution in [2.75, 3.05) is 13.1 Å². The average Bonchev–Trinajstić information content (AvgIpc) is 2.69. The number of nitrogens with zero attached hydrogens (tertiary/aromatic N) is 3. The summed E-state index contributed by atoms with van der Waals surface area (Å²) >= 11 is 0. The zero-order valence-corrected chi connectivity index (χ0v) is 10.5. The summed E-state index contributed by atoms with van der Waals surface area (Å²) in [5.41, 5.74) is 7.47. The number of carbonyl (C=O) groups is 1. The zero-order valence-electron chi connectivity index (χ0n) is 10.5. The van der Waals surface area contributed by atoms with Crippen molar-refractivity contribution >= 4 is 5.91 Å². The van der Waals surface area contributed by atoms with Crippen molar-refractivity contribution in [3.8, 4) is 0 Å². The Balaban J connectivity index is 2.18. The van der Waals surface area contributed by atoms with E-state index in [-0.39, 0.29) is 11.9 Å². The third-order valence-corrected chi connectivity index (χ3v) is 3.17. The molecule has 1 aromatic rings. The molecule has 1 amide bonds. The van der Waals surface area contributed by atoms with Crippen molar-refractivity contribution in [2.24, 2.45) is 5.73 Å². The summed E-state index contributed by atoms with van der Waals surface area (Å²) in [4.78, 5) is 14.2. The minimum atomic E-state index is 0.0580. The minimum Gasteiger partial charge on any atom is -0.336 e. The number of carbonyl (C=O) groups excluding carboxylic acids is 1. The number of likely N-dealkylation sites (tertiary alicyclic amines) is 1. The van der Waals surface area contributed by atoms with Crippen LogP contribution in [0.2, 0.25) is 0 Å². The molecule has 0 saturated carbocycles. The molecule has 0 bridgehead atoms. The summed E-state index contributed by atoms with van der Waals surface area (Å²) in [7, 11) is 0. The fourth-order valence-electron chi connectivity index (χ4n) is 2.32. The first kappa shape index (κ1) is 12.1. The predicted molar refractivity (Wildman–Crippen MR) is 65.8 cm³/mol. The normalized spacial score (nSPS) is 20.6. The highest BCUT2D eigenvalue weighted by molar-refractivity contribution is 5.92. The van der Waals surface area contributed by atoms with E-state index in [0.717, 1.165) is 31.6 Å². The molecule has 2 N–H and O–H groups in total. The van der Waals surface area contributed by atoms with E-state index < -0.39 is 0 Å². The fraction of sp³-hybridized carbons (Fsp3) is 0.667. The van der Waals surface area contributed by atoms with Crippen molar-refractivity contribution in [1.29, 1.82) is 0 Å². The number of hydrogen-bond donors (Lipinski definition) is 1. The van der Waals surface area contributed by atoms with Crippen LogP contribution in [0.1, 0.15) is 35.9 Å². The molecule has 5 nitrogen and oxygen atoms in total. The van der Waals surface area contributed by atoms with Crippen LogP contribution < -0.4 is 5.73 Å². The van der Waals surface area contributed by atoms with E-state index >= 15 is 0 Å². The Morgan fingerprint density at radius 1 is 1.65 bits per heavy atom. The molecule has 0 aromatic carbocycles. The summed E-state index contributed by atoms with van der Waals surface area (Å²) in [6, 6.07) is 1.97. The molecule has 0 radical (unpaired) electrons. The van der Waals surface area contributed by atoms with Gasteiger partial charge in [-0.15, -0.1) is 0 Å². The van der Waals surface area contributed by atoms with E-state index in [0.29, 0.717) is 12.2 Å². The first-order valence-electron chi connectivity index (χ1n) is 6.21. The molecule has 94 valence electrons. The van der Waals surface area contributed by atoms with E-state index in [1.165, 1.54) is 0 Å². The van der Waals surface area contributed by atoms with Gasteiger partial charge >= 0.3 is 0 Å². The molecule has 1 aliphatic heterocycles. The molecule has 0 spiro atoms. The van der Waals surface area contributed by atoms with Crippen LogP contribution in [0.3, 0.4) is 0 Å². The third kappa shape index (κ3) is 2.49. The Bertz CT molecular complexity index is 413. The number of rotatable bonds is 2. The number of amides is 1. The van der Waals surface area contributed by atoms with E-state index in [1.807, 2.05) is 24.8 Å². The van der Waals surface area contributed by atoms with Gasteiger partial charge in [0.25, 0.3) is 5.91 Å². The number of hydrogen-bond acceptors (Lipinski definition) is 3. The van der Waals surface area contributed by atoms with Crippen molar-refractivity contribution in [2.45, 2.75) is 39.3 Å². The lowest BCUT2D eigenvalue weighted by Gasteiger charge is -2.30. The van der Waals surface area contributed by atoms with Gasteiger partial charge in [-0.05, 0) is 32.8 Å². The second-order valence-electron chi connectivity index (χ2n) is 4.64. The molecule has 5 heteroatoms. The molecule has 0 unspecified atom stereocenters. The monoisotopic (exact) mass is 236 g/mol. The highest BCUT2D eigenvalue weighted by Gasteiger charge is 2.24. The van der Waals surface area contributed by atoms with Gasteiger partial charge in [0, 0.05) is 25.7 Å². The topological polar surface area (TPSA) is 64.2 Å². The lowest BCUT2D eigenvalue weighted by molar-refractivity contribution is 0.0696. The van der Waals surface area contributed by atoms with Crippen LogP contribution in [0.5, 0.6) is 0 Å². The lowest BCUT2D eigenvalue weighted by Crippen LogP contribution is -2.46. The second-order valence-corrected chi connectivity index (χ2v) is 4.64. The van der Waals surface area contributed by atoms with Crippen molar-refractivity contribution in [1.82, 2.24) is 14.7 Å². The van der Waals surface area contributed by atoms with Crippen LogP contribution in [-0.2, 0) is 6.54 Å². The highest BCUT2D eigenvalue weighted by atomic mass is 16.2. The molecule has 17 heavy (non-hydrogen) atoms. The van der Waals surface area contributed by atoms with Crippen molar-refractivity contribution in [3.63, 3.8) is 0 Å². The van der Waals surface area contributed by atoms with Crippen LogP contribution >= 0.6 is 0 Å². The predicted octanol–water partition coefficient (Wildman–Crippen LogP) is 0.775. The van der Waals surface area contributed by atoms with Gasteiger partial charge in [0.1, 0.15) is 5.69 Å². The van der Waals surface area contributed by atoms with Crippen LogP contribution in [0.4, 0.5) is 0 Å². The maximum atomic E-state index is 12.3. The first-order valence-corrected chi connectivity index (χ1v) is 6.21. The van der Waals surface area contributed by atoms with Gasteiger partial charge in [-0.2, -0.15) is 5.10 Å². The summed E-state index contributed by atoms with van der Waals surface area (Å²) in [5, 5.41) is 4.30. The largest absolute Gasteiger partial charge is 0.336 e. The number of aromatic nitrogens is 2. The number of nitrogens with two attached hydrogens (primary N) is 1. The maximum absolute atomic E-state index is 12.3. The van der Waals surface area contributed by atoms with Gasteiger partial charge in [-0.25, -0.2) is 0 Å². The van der Waals surface area contributed by atoms with Crippen molar-refractivity contribution in [3.05, 3.63) is 17.5 Å². The van der Waals surface area contributed by atoms with E-state index in [1.54, 1.807) is 4.68 Å². The first-order chi connectivity index (χ1) is 8.11. The third-order valence-electron chi connectivity index (χ3n) is 3.17. The van der Waals surface area contributed by atoms with Gasteiger partial charge in [-0.1, -0.05) is 0 Å². The minimum absolute atomic E-state index is 0.0580. The molecular formula is C12H20N4O. The van der Waals surface area contributed by atoms with Gasteiger partial charge in [0.2, 0.25) is 0 Å². The Kier molecular flexibility index (Phi) is 3.47. The Hall–Kier alpha value is -1.36. The smallest absolute Gasteiger partial charge is 0.272 e. The van der Waals surface area contributed by atoms with Gasteiger partial charge in [-0.3, -0.25) is 9.48 Å². The SMILES string of the molecule is CCn1nc(C)cc1C(=O)N1CCC[C@@H](N)C1. The summed E-state index contributed by atoms with van der Waals surface area (Å²) in [6.45, 7) is 6.08. The second kappa shape index (κ2) is 4.87. The summed E-state index contributed by atoms with van der Waals surface area (Å²) < 4.78 is 1.76. The molecule has 1 aromatic heterocycles. The average molecular weight is 236 g/mol. The Labute approximate surface area is 102 Å². The molecule has 1 aliphatic rings. The lowest BCUT2D eigenvalue weighted by atomic mass is 10.1. The zero-order chi connectivity index (χ0) is 12.4. The fourth-order valence-corrected chi connectivity index (χ4v) is 2.32. The van der Waals surface area contributed by atoms with Crippen LogP contribution in [0.15, 0.2) is 6.07 Å². The standard InChI is InChI=1S/C12H20N4O/c1-3-16-11(7-9(2)14-16)12(17)15-6-4-5-10(13)8-15/h7,10H,3-6,8,13H2,1-2H3/t10-/m1/s1. The Morgan fingerprint density at radius 3 is 3.06 bits per heavy atom. The summed E-state index contributed by atoms with van der Waals surface area (Å²) in [6.07, 6.45) is 2.00. The van der Waals surface area contributed by atoms with Gasteiger partial charge in [0.05, 0.1) is 5.69 Å². The molecule has 1 fully saturated rings. The van der Waals surface area contributed by atoms with Crippen LogP contribution in [0.25, 0.3) is 0 Å². The van der Waals surface area contributed by atoms with E-state index in [2.05, 4.69) is 5.10 Å². The Morgan fingerprint density at radius 2 is 2.41 bits per heavy atom. The molecule has 0 aliphatic carbocycles. The molecule has 1 atom stereocenters. The van der Waals surface area contributed by atoms with E-state index in [4.69, 9.17) is 5.73 Å². The number of piperidine rings is 1. The van der Waals surface area contributed by atoms with Crippen LogP contribution in [-0.4, -0.2) is 39.7 Å². The molecular weight excluding hydrogens is 216 g/mol. The van der Waals surface area contributed by atoms with Crippen LogP contribution in [0, 0.1) is 6.92 Å². The molecule has 2 heterocycles. The summed E-state index contributed by atoms with van der Waals surface area (Å²) in [5.74, 6) is 0.0580. The quantitative estimate of drug-likeness (QED) is 0.825. The van der Waals surface area contributed by atoms with Crippen molar-refractivity contribution < 1.29 is 4.79 Å². The van der Waals surface area contributed by atoms with Gasteiger partial charge < -0.3 is 10.6 Å². The molecule has 1 saturated heterocycles. The van der Waals surface area contributed by atoms with Gasteiger partial charge in [0.15, 0.2) is 0 Å². The van der Waals surface area contributed by atoms with E-state index in [9.17, 15) is 4.79 Å².